The van der Waals surface area contributed by atoms with Crippen LogP contribution < -0.4 is 10.6 Å². The maximum atomic E-state index is 12.8. The van der Waals surface area contributed by atoms with Gasteiger partial charge >= 0.3 is 6.18 Å². The van der Waals surface area contributed by atoms with E-state index in [1.54, 1.807) is 6.20 Å². The standard InChI is InChI=1S/C21H16ClF3N4/c22-13-20(11-3-4-12-26-20)19-28-17-6-2-1-5-16(17)18(29-19)27-15-9-7-14(8-10-15)21(23,24)25/h1-12,26H,13H2,(H,27,28,29). The number of hydrogen-bond acceptors (Lipinski definition) is 4. The molecule has 0 saturated carbocycles. The molecule has 4 nitrogen and oxygen atoms in total. The minimum Gasteiger partial charge on any atom is -0.374 e. The molecule has 2 heterocycles. The molecule has 2 aromatic carbocycles. The number of para-hydroxylation sites is 1. The van der Waals surface area contributed by atoms with E-state index in [2.05, 4.69) is 20.6 Å². The van der Waals surface area contributed by atoms with E-state index < -0.39 is 17.3 Å². The van der Waals surface area contributed by atoms with E-state index in [1.807, 2.05) is 42.5 Å². The van der Waals surface area contributed by atoms with Gasteiger partial charge in [-0.05, 0) is 48.7 Å². The van der Waals surface area contributed by atoms with E-state index in [4.69, 9.17) is 11.6 Å². The number of dihydropyridines is 1. The topological polar surface area (TPSA) is 49.8 Å². The summed E-state index contributed by atoms with van der Waals surface area (Å²) in [6.07, 6.45) is 2.97. The number of rotatable bonds is 4. The second kappa shape index (κ2) is 7.40. The molecule has 1 aliphatic heterocycles. The Kier molecular flexibility index (Phi) is 4.92. The molecule has 2 N–H and O–H groups in total. The monoisotopic (exact) mass is 416 g/mol. The fourth-order valence-electron chi connectivity index (χ4n) is 3.05. The number of nitrogens with one attached hydrogen (secondary N) is 2. The van der Waals surface area contributed by atoms with E-state index in [0.29, 0.717) is 22.8 Å². The van der Waals surface area contributed by atoms with Crippen LogP contribution in [0.3, 0.4) is 0 Å². The Hall–Kier alpha value is -3.06. The van der Waals surface area contributed by atoms with Crippen LogP contribution >= 0.6 is 11.6 Å². The quantitative estimate of drug-likeness (QED) is 0.551. The second-order valence-corrected chi connectivity index (χ2v) is 6.85. The van der Waals surface area contributed by atoms with Gasteiger partial charge in [0.05, 0.1) is 17.0 Å². The minimum atomic E-state index is -4.38. The van der Waals surface area contributed by atoms with Gasteiger partial charge in [-0.1, -0.05) is 24.3 Å². The van der Waals surface area contributed by atoms with E-state index in [1.165, 1.54) is 12.1 Å². The van der Waals surface area contributed by atoms with Gasteiger partial charge in [0, 0.05) is 11.1 Å². The third kappa shape index (κ3) is 3.78. The van der Waals surface area contributed by atoms with Gasteiger partial charge in [-0.2, -0.15) is 13.2 Å². The van der Waals surface area contributed by atoms with Gasteiger partial charge in [0.25, 0.3) is 0 Å². The van der Waals surface area contributed by atoms with Crippen molar-refractivity contribution in [3.63, 3.8) is 0 Å². The third-order valence-corrected chi connectivity index (χ3v) is 5.04. The lowest BCUT2D eigenvalue weighted by Crippen LogP contribution is -2.42. The molecule has 148 valence electrons. The first-order valence-electron chi connectivity index (χ1n) is 8.81. The zero-order valence-corrected chi connectivity index (χ0v) is 15.8. The predicted molar refractivity (Wildman–Crippen MR) is 108 cm³/mol. The van der Waals surface area contributed by atoms with Gasteiger partial charge in [-0.15, -0.1) is 11.6 Å². The van der Waals surface area contributed by atoms with Crippen LogP contribution in [0.5, 0.6) is 0 Å². The van der Waals surface area contributed by atoms with E-state index >= 15 is 0 Å². The third-order valence-electron chi connectivity index (χ3n) is 4.62. The lowest BCUT2D eigenvalue weighted by atomic mass is 9.98. The predicted octanol–water partition coefficient (Wildman–Crippen LogP) is 5.50. The number of hydrogen-bond donors (Lipinski definition) is 2. The molecule has 4 rings (SSSR count). The highest BCUT2D eigenvalue weighted by atomic mass is 35.5. The normalized spacial score (nSPS) is 18.6. The molecule has 0 aliphatic carbocycles. The summed E-state index contributed by atoms with van der Waals surface area (Å²) in [6, 6.07) is 12.2. The molecule has 0 saturated heterocycles. The summed E-state index contributed by atoms with van der Waals surface area (Å²) in [5, 5.41) is 7.06. The minimum absolute atomic E-state index is 0.200. The Morgan fingerprint density at radius 3 is 2.41 bits per heavy atom. The summed E-state index contributed by atoms with van der Waals surface area (Å²) in [6.45, 7) is 0. The van der Waals surface area contributed by atoms with Crippen molar-refractivity contribution in [3.8, 4) is 0 Å². The summed E-state index contributed by atoms with van der Waals surface area (Å²) in [4.78, 5) is 9.32. The van der Waals surface area contributed by atoms with Crippen molar-refractivity contribution in [2.45, 2.75) is 11.7 Å². The van der Waals surface area contributed by atoms with Crippen LogP contribution in [0.25, 0.3) is 10.9 Å². The summed E-state index contributed by atoms with van der Waals surface area (Å²) < 4.78 is 38.5. The Labute approximate surface area is 170 Å². The maximum Gasteiger partial charge on any atom is 0.416 e. The molecular formula is C21H16ClF3N4. The smallest absolute Gasteiger partial charge is 0.374 e. The van der Waals surface area contributed by atoms with E-state index in [-0.39, 0.29) is 5.88 Å². The number of aromatic nitrogens is 2. The van der Waals surface area contributed by atoms with Gasteiger partial charge in [0.15, 0.2) is 5.82 Å². The molecule has 0 spiro atoms. The van der Waals surface area contributed by atoms with E-state index in [9.17, 15) is 13.2 Å². The molecule has 1 unspecified atom stereocenters. The van der Waals surface area contributed by atoms with E-state index in [0.717, 1.165) is 17.5 Å². The number of halogens is 4. The Morgan fingerprint density at radius 1 is 1.00 bits per heavy atom. The fourth-order valence-corrected chi connectivity index (χ4v) is 3.34. The molecule has 1 aromatic heterocycles. The van der Waals surface area contributed by atoms with Gasteiger partial charge in [-0.3, -0.25) is 0 Å². The summed E-state index contributed by atoms with van der Waals surface area (Å²) in [5.41, 5.74) is -0.307. The van der Waals surface area contributed by atoms with Crippen LogP contribution in [0.1, 0.15) is 11.4 Å². The average molecular weight is 417 g/mol. The molecule has 1 atom stereocenters. The number of nitrogens with zero attached hydrogens (tertiary/aromatic N) is 2. The molecule has 29 heavy (non-hydrogen) atoms. The van der Waals surface area contributed by atoms with Crippen LogP contribution in [0, 0.1) is 0 Å². The SMILES string of the molecule is FC(F)(F)c1ccc(Nc2nc(C3(CCl)C=CC=CN3)nc3ccccc23)cc1. The molecule has 0 fully saturated rings. The molecule has 3 aromatic rings. The van der Waals surface area contributed by atoms with Crippen molar-refractivity contribution < 1.29 is 13.2 Å². The van der Waals surface area contributed by atoms with Crippen LogP contribution in [0.4, 0.5) is 24.7 Å². The highest BCUT2D eigenvalue weighted by Crippen LogP contribution is 2.32. The van der Waals surface area contributed by atoms with Crippen LogP contribution in [-0.4, -0.2) is 15.8 Å². The maximum absolute atomic E-state index is 12.8. The van der Waals surface area contributed by atoms with Gasteiger partial charge in [-0.25, -0.2) is 9.97 Å². The van der Waals surface area contributed by atoms with Gasteiger partial charge < -0.3 is 10.6 Å². The Bertz CT molecular complexity index is 1090. The molecular weight excluding hydrogens is 401 g/mol. The number of allylic oxidation sites excluding steroid dienone is 2. The number of fused-ring (bicyclic) bond motifs is 1. The zero-order chi connectivity index (χ0) is 20.5. The van der Waals surface area contributed by atoms with Gasteiger partial charge in [0.2, 0.25) is 0 Å². The lowest BCUT2D eigenvalue weighted by molar-refractivity contribution is -0.137. The molecule has 8 heteroatoms. The molecule has 0 bridgehead atoms. The van der Waals surface area contributed by atoms with Crippen LogP contribution in [-0.2, 0) is 11.7 Å². The second-order valence-electron chi connectivity index (χ2n) is 6.58. The van der Waals surface area contributed by atoms with Gasteiger partial charge in [0.1, 0.15) is 11.4 Å². The molecule has 0 amide bonds. The highest BCUT2D eigenvalue weighted by molar-refractivity contribution is 6.18. The average Bonchev–Trinajstić information content (AvgIpc) is 2.74. The van der Waals surface area contributed by atoms with Crippen molar-refractivity contribution in [1.82, 2.24) is 15.3 Å². The summed E-state index contributed by atoms with van der Waals surface area (Å²) in [7, 11) is 0. The number of anilines is 2. The Morgan fingerprint density at radius 2 is 1.76 bits per heavy atom. The first kappa shape index (κ1) is 19.3. The molecule has 0 radical (unpaired) electrons. The largest absolute Gasteiger partial charge is 0.416 e. The summed E-state index contributed by atoms with van der Waals surface area (Å²) >= 11 is 6.24. The summed E-state index contributed by atoms with van der Waals surface area (Å²) in [5.74, 6) is 1.15. The first-order valence-corrected chi connectivity index (χ1v) is 9.34. The van der Waals surface area contributed by atoms with Crippen LogP contribution in [0.15, 0.2) is 73.0 Å². The zero-order valence-electron chi connectivity index (χ0n) is 15.0. The number of alkyl halides is 4. The van der Waals surface area contributed by atoms with Crippen molar-refractivity contribution in [1.29, 1.82) is 0 Å². The Balaban J connectivity index is 1.77. The van der Waals surface area contributed by atoms with Crippen molar-refractivity contribution in [2.24, 2.45) is 0 Å². The fraction of sp³-hybridized carbons (Fsp3) is 0.143. The van der Waals surface area contributed by atoms with Crippen molar-refractivity contribution >= 4 is 34.0 Å². The molecule has 1 aliphatic rings. The first-order chi connectivity index (χ1) is 13.9. The van der Waals surface area contributed by atoms with Crippen LogP contribution in [0.2, 0.25) is 0 Å². The van der Waals surface area contributed by atoms with Crippen molar-refractivity contribution in [3.05, 3.63) is 84.3 Å². The number of benzene rings is 2. The highest BCUT2D eigenvalue weighted by Gasteiger charge is 2.33. The lowest BCUT2D eigenvalue weighted by Gasteiger charge is -2.29. The van der Waals surface area contributed by atoms with Crippen molar-refractivity contribution in [2.75, 3.05) is 11.2 Å².